The van der Waals surface area contributed by atoms with E-state index in [2.05, 4.69) is 5.32 Å². The Kier molecular flexibility index (Phi) is 10.8. The van der Waals surface area contributed by atoms with Gasteiger partial charge in [-0.2, -0.15) is 0 Å². The van der Waals surface area contributed by atoms with Crippen molar-refractivity contribution in [2.24, 2.45) is 0 Å². The molecule has 3 aromatic rings. The predicted octanol–water partition coefficient (Wildman–Crippen LogP) is 5.91. The quantitative estimate of drug-likeness (QED) is 0.284. The van der Waals surface area contributed by atoms with Crippen LogP contribution >= 0.6 is 23.2 Å². The van der Waals surface area contributed by atoms with Crippen LogP contribution < -0.4 is 9.62 Å². The first-order valence-electron chi connectivity index (χ1n) is 12.7. The molecule has 3 aromatic carbocycles. The summed E-state index contributed by atoms with van der Waals surface area (Å²) in [6, 6.07) is 20.2. The van der Waals surface area contributed by atoms with E-state index in [-0.39, 0.29) is 29.1 Å². The van der Waals surface area contributed by atoms with Crippen LogP contribution in [0.15, 0.2) is 83.8 Å². The predicted molar refractivity (Wildman–Crippen MR) is 156 cm³/mol. The summed E-state index contributed by atoms with van der Waals surface area (Å²) in [6.07, 6.45) is 1.07. The van der Waals surface area contributed by atoms with E-state index in [0.717, 1.165) is 16.3 Å². The molecule has 1 N–H and O–H groups in total. The lowest BCUT2D eigenvalue weighted by Gasteiger charge is -2.33. The summed E-state index contributed by atoms with van der Waals surface area (Å²) in [5, 5.41) is 3.93. The fraction of sp³-hybridized carbons (Fsp3) is 0.310. The van der Waals surface area contributed by atoms with Crippen molar-refractivity contribution in [3.8, 4) is 0 Å². The number of hydrogen-bond acceptors (Lipinski definition) is 4. The van der Waals surface area contributed by atoms with Gasteiger partial charge in [0.2, 0.25) is 11.8 Å². The number of carbonyl (C=O) groups is 2. The fourth-order valence-corrected chi connectivity index (χ4v) is 5.69. The van der Waals surface area contributed by atoms with E-state index in [4.69, 9.17) is 23.2 Å². The molecule has 3 rings (SSSR count). The monoisotopic (exact) mass is 589 g/mol. The summed E-state index contributed by atoms with van der Waals surface area (Å²) in [5.74, 6) is -0.816. The summed E-state index contributed by atoms with van der Waals surface area (Å²) >= 11 is 12.1. The highest BCUT2D eigenvalue weighted by Gasteiger charge is 2.33. The van der Waals surface area contributed by atoms with Crippen LogP contribution in [0.25, 0.3) is 0 Å². The van der Waals surface area contributed by atoms with Crippen LogP contribution in [-0.2, 0) is 26.2 Å². The second-order valence-corrected chi connectivity index (χ2v) is 11.9. The number of carbonyl (C=O) groups excluding carboxylic acids is 2. The average Bonchev–Trinajstić information content (AvgIpc) is 2.93. The molecule has 208 valence electrons. The first kappa shape index (κ1) is 30.5. The average molecular weight is 591 g/mol. The minimum Gasteiger partial charge on any atom is -0.352 e. The normalized spacial score (nSPS) is 12.8. The Morgan fingerprint density at radius 1 is 0.846 bits per heavy atom. The van der Waals surface area contributed by atoms with E-state index in [0.29, 0.717) is 16.5 Å². The van der Waals surface area contributed by atoms with Gasteiger partial charge in [0.25, 0.3) is 10.0 Å². The third kappa shape index (κ3) is 7.97. The lowest BCUT2D eigenvalue weighted by Crippen LogP contribution is -2.53. The summed E-state index contributed by atoms with van der Waals surface area (Å²) in [7, 11) is -4.12. The van der Waals surface area contributed by atoms with Crippen molar-refractivity contribution in [3.05, 3.63) is 94.5 Å². The largest absolute Gasteiger partial charge is 0.352 e. The Hall–Kier alpha value is -3.07. The van der Waals surface area contributed by atoms with Gasteiger partial charge in [0.15, 0.2) is 0 Å². The van der Waals surface area contributed by atoms with Gasteiger partial charge in [0.05, 0.1) is 10.6 Å². The molecule has 0 spiro atoms. The number of nitrogens with one attached hydrogen (secondary N) is 1. The highest BCUT2D eigenvalue weighted by molar-refractivity contribution is 7.92. The number of nitrogens with zero attached hydrogens (tertiary/aromatic N) is 2. The van der Waals surface area contributed by atoms with Crippen molar-refractivity contribution in [3.63, 3.8) is 0 Å². The van der Waals surface area contributed by atoms with Crippen LogP contribution in [0.2, 0.25) is 10.0 Å². The minimum absolute atomic E-state index is 0.0403. The van der Waals surface area contributed by atoms with E-state index in [1.54, 1.807) is 66.7 Å². The van der Waals surface area contributed by atoms with Gasteiger partial charge < -0.3 is 10.2 Å². The highest BCUT2D eigenvalue weighted by Crippen LogP contribution is 2.26. The summed E-state index contributed by atoms with van der Waals surface area (Å²) < 4.78 is 28.6. The van der Waals surface area contributed by atoms with E-state index >= 15 is 0 Å². The van der Waals surface area contributed by atoms with Crippen molar-refractivity contribution in [2.75, 3.05) is 10.8 Å². The number of benzene rings is 3. The van der Waals surface area contributed by atoms with Crippen LogP contribution in [0.1, 0.15) is 39.2 Å². The molecule has 0 unspecified atom stereocenters. The van der Waals surface area contributed by atoms with Gasteiger partial charge >= 0.3 is 0 Å². The van der Waals surface area contributed by atoms with Crippen LogP contribution in [-0.4, -0.2) is 43.8 Å². The highest BCUT2D eigenvalue weighted by atomic mass is 35.5. The Morgan fingerprint density at radius 3 is 1.95 bits per heavy atom. The van der Waals surface area contributed by atoms with E-state index < -0.39 is 28.5 Å². The lowest BCUT2D eigenvalue weighted by molar-refractivity contribution is -0.140. The molecule has 10 heteroatoms. The molecule has 2 atom stereocenters. The molecule has 0 radical (unpaired) electrons. The van der Waals surface area contributed by atoms with Gasteiger partial charge in [-0.05, 0) is 73.9 Å². The molecular weight excluding hydrogens is 557 g/mol. The van der Waals surface area contributed by atoms with Crippen molar-refractivity contribution in [1.82, 2.24) is 10.2 Å². The second kappa shape index (κ2) is 13.8. The summed E-state index contributed by atoms with van der Waals surface area (Å²) in [6.45, 7) is 5.26. The van der Waals surface area contributed by atoms with Gasteiger partial charge in [-0.15, -0.1) is 0 Å². The van der Waals surface area contributed by atoms with Crippen LogP contribution in [0.5, 0.6) is 0 Å². The summed E-state index contributed by atoms with van der Waals surface area (Å²) in [4.78, 5) is 28.7. The molecule has 2 amide bonds. The number of amides is 2. The number of anilines is 1. The first-order valence-corrected chi connectivity index (χ1v) is 14.9. The maximum atomic E-state index is 14.0. The zero-order valence-electron chi connectivity index (χ0n) is 22.2. The van der Waals surface area contributed by atoms with Crippen molar-refractivity contribution >= 4 is 50.7 Å². The number of hydrogen-bond donors (Lipinski definition) is 1. The van der Waals surface area contributed by atoms with Gasteiger partial charge in [0, 0.05) is 22.6 Å². The fourth-order valence-electron chi connectivity index (χ4n) is 4.00. The minimum atomic E-state index is -4.12. The molecule has 0 aromatic heterocycles. The Labute approximate surface area is 240 Å². The topological polar surface area (TPSA) is 86.8 Å². The Morgan fingerprint density at radius 2 is 1.41 bits per heavy atom. The van der Waals surface area contributed by atoms with Crippen LogP contribution in [0.4, 0.5) is 5.69 Å². The molecule has 0 aliphatic carbocycles. The third-order valence-electron chi connectivity index (χ3n) is 6.38. The molecule has 0 aliphatic heterocycles. The van der Waals surface area contributed by atoms with E-state index in [9.17, 15) is 18.0 Å². The van der Waals surface area contributed by atoms with Crippen molar-refractivity contribution in [1.29, 1.82) is 0 Å². The maximum Gasteiger partial charge on any atom is 0.264 e. The van der Waals surface area contributed by atoms with Gasteiger partial charge in [0.1, 0.15) is 12.6 Å². The molecule has 0 bridgehead atoms. The molecule has 0 aliphatic rings. The standard InChI is InChI=1S/C29H33Cl2N3O4S/c1-4-21(3)32-29(36)27(5-2)33(19-22-11-13-23(30)14-12-22)28(35)20-34(25-17-15-24(31)16-18-25)39(37,38)26-9-7-6-8-10-26/h6-18,21,27H,4-5,19-20H2,1-3H3,(H,32,36)/t21-,27-/m1/s1. The zero-order valence-corrected chi connectivity index (χ0v) is 24.5. The smallest absolute Gasteiger partial charge is 0.264 e. The van der Waals surface area contributed by atoms with Crippen molar-refractivity contribution < 1.29 is 18.0 Å². The van der Waals surface area contributed by atoms with E-state index in [1.165, 1.54) is 17.0 Å². The molecule has 0 saturated carbocycles. The SMILES string of the molecule is CC[C@@H](C)NC(=O)[C@@H](CC)N(Cc1ccc(Cl)cc1)C(=O)CN(c1ccc(Cl)cc1)S(=O)(=O)c1ccccc1. The number of halogens is 2. The van der Waals surface area contributed by atoms with Crippen LogP contribution in [0, 0.1) is 0 Å². The first-order chi connectivity index (χ1) is 18.6. The second-order valence-electron chi connectivity index (χ2n) is 9.19. The van der Waals surface area contributed by atoms with Crippen LogP contribution in [0.3, 0.4) is 0 Å². The van der Waals surface area contributed by atoms with Gasteiger partial charge in [-0.3, -0.25) is 13.9 Å². The van der Waals surface area contributed by atoms with Crippen molar-refractivity contribution in [2.45, 2.75) is 57.1 Å². The zero-order chi connectivity index (χ0) is 28.6. The van der Waals surface area contributed by atoms with E-state index in [1.807, 2.05) is 20.8 Å². The van der Waals surface area contributed by atoms with Gasteiger partial charge in [-0.25, -0.2) is 8.42 Å². The Bertz CT molecular complexity index is 1350. The lowest BCUT2D eigenvalue weighted by atomic mass is 10.1. The molecule has 0 fully saturated rings. The molecule has 7 nitrogen and oxygen atoms in total. The number of rotatable bonds is 12. The molecule has 39 heavy (non-hydrogen) atoms. The third-order valence-corrected chi connectivity index (χ3v) is 8.67. The molecular formula is C29H33Cl2N3O4S. The molecule has 0 saturated heterocycles. The number of sulfonamides is 1. The summed E-state index contributed by atoms with van der Waals surface area (Å²) in [5.41, 5.74) is 1.03. The maximum absolute atomic E-state index is 14.0. The Balaban J connectivity index is 2.03. The molecule has 0 heterocycles. The van der Waals surface area contributed by atoms with Gasteiger partial charge in [-0.1, -0.05) is 67.4 Å².